The molecule has 2 bridgehead atoms. The second kappa shape index (κ2) is 5.25. The lowest BCUT2D eigenvalue weighted by molar-refractivity contribution is -0.135. The summed E-state index contributed by atoms with van der Waals surface area (Å²) >= 11 is 1.63. The Morgan fingerprint density at radius 1 is 1.62 bits per heavy atom. The fourth-order valence-corrected chi connectivity index (χ4v) is 4.92. The summed E-state index contributed by atoms with van der Waals surface area (Å²) in [4.78, 5) is 13.8. The lowest BCUT2D eigenvalue weighted by Gasteiger charge is -2.35. The quantitative estimate of drug-likeness (QED) is 0.590. The third kappa shape index (κ3) is 2.25. The fraction of sp³-hybridized carbons (Fsp3) is 0.667. The van der Waals surface area contributed by atoms with Gasteiger partial charge in [0.2, 0.25) is 5.06 Å². The predicted octanol–water partition coefficient (Wildman–Crippen LogP) is 2.80. The number of carbonyl (C=O) groups excluding carboxylic acids is 1. The molecule has 0 radical (unpaired) electrons. The molecule has 6 heteroatoms. The van der Waals surface area contributed by atoms with Crippen LogP contribution in [0.4, 0.5) is 0 Å². The van der Waals surface area contributed by atoms with E-state index in [0.717, 1.165) is 29.3 Å². The Hall–Kier alpha value is -1.14. The molecule has 0 amide bonds. The number of fused-ring (bicyclic) bond motifs is 1. The molecule has 116 valence electrons. The van der Waals surface area contributed by atoms with Gasteiger partial charge in [-0.1, -0.05) is 6.92 Å². The topological polar surface area (TPSA) is 48.0 Å². The molecule has 0 aromatic carbocycles. The van der Waals surface area contributed by atoms with Crippen LogP contribution in [0.3, 0.4) is 0 Å². The van der Waals surface area contributed by atoms with Crippen LogP contribution in [0.25, 0.3) is 0 Å². The number of esters is 1. The Bertz CT molecular complexity index is 530. The van der Waals surface area contributed by atoms with Gasteiger partial charge in [-0.2, -0.15) is 0 Å². The molecule has 0 saturated carbocycles. The summed E-state index contributed by atoms with van der Waals surface area (Å²) in [5.41, 5.74) is 1.92. The first-order valence-corrected chi connectivity index (χ1v) is 8.12. The van der Waals surface area contributed by atoms with Crippen molar-refractivity contribution in [2.45, 2.75) is 44.8 Å². The van der Waals surface area contributed by atoms with Crippen LogP contribution in [0, 0.1) is 5.92 Å². The predicted molar refractivity (Wildman–Crippen MR) is 79.9 cm³/mol. The Labute approximate surface area is 129 Å². The highest BCUT2D eigenvalue weighted by Crippen LogP contribution is 2.60. The van der Waals surface area contributed by atoms with Crippen molar-refractivity contribution in [3.63, 3.8) is 0 Å². The minimum absolute atomic E-state index is 0.0431. The standard InChI is InChI=1S/C15H21NO4S/c1-5-19-14-10(3)16-11(7-13(17)18-4)12-6-9(2)8-15(16,20-12)21-14/h7,9,12H,5-6,8H2,1-4H3/b11-7+. The number of nitrogens with zero attached hydrogens (tertiary/aromatic N) is 1. The first-order chi connectivity index (χ1) is 10.0. The molecule has 3 aliphatic heterocycles. The van der Waals surface area contributed by atoms with E-state index in [0.29, 0.717) is 12.5 Å². The number of ether oxygens (including phenoxy) is 3. The molecule has 3 aliphatic rings. The molecule has 2 saturated heterocycles. The maximum atomic E-state index is 11.7. The van der Waals surface area contributed by atoms with Crippen molar-refractivity contribution >= 4 is 17.7 Å². The largest absolute Gasteiger partial charge is 0.486 e. The average molecular weight is 311 g/mol. The number of rotatable bonds is 3. The fourth-order valence-electron chi connectivity index (χ4n) is 3.35. The lowest BCUT2D eigenvalue weighted by atomic mass is 9.97. The van der Waals surface area contributed by atoms with Crippen LogP contribution < -0.4 is 0 Å². The van der Waals surface area contributed by atoms with Gasteiger partial charge in [0.15, 0.2) is 5.09 Å². The minimum Gasteiger partial charge on any atom is -0.486 e. The van der Waals surface area contributed by atoms with E-state index in [-0.39, 0.29) is 12.1 Å². The van der Waals surface area contributed by atoms with E-state index in [9.17, 15) is 4.79 Å². The molecule has 21 heavy (non-hydrogen) atoms. The van der Waals surface area contributed by atoms with Gasteiger partial charge in [-0.3, -0.25) is 0 Å². The van der Waals surface area contributed by atoms with E-state index >= 15 is 0 Å². The van der Waals surface area contributed by atoms with Crippen LogP contribution in [0.15, 0.2) is 22.6 Å². The number of carbonyl (C=O) groups is 1. The third-order valence-corrected chi connectivity index (χ3v) is 5.47. The van der Waals surface area contributed by atoms with Gasteiger partial charge in [-0.25, -0.2) is 4.79 Å². The summed E-state index contributed by atoms with van der Waals surface area (Å²) < 4.78 is 16.8. The van der Waals surface area contributed by atoms with Crippen LogP contribution in [0.2, 0.25) is 0 Å². The summed E-state index contributed by atoms with van der Waals surface area (Å²) in [5, 5.41) is 0.442. The molecule has 3 unspecified atom stereocenters. The summed E-state index contributed by atoms with van der Waals surface area (Å²) in [5.74, 6) is 0.197. The molecule has 3 atom stereocenters. The van der Waals surface area contributed by atoms with Gasteiger partial charge in [-0.05, 0) is 37.9 Å². The summed E-state index contributed by atoms with van der Waals surface area (Å²) in [6, 6.07) is 0. The molecule has 0 N–H and O–H groups in total. The molecular formula is C15H21NO4S. The second-order valence-corrected chi connectivity index (χ2v) is 6.91. The van der Waals surface area contributed by atoms with Crippen molar-refractivity contribution in [1.29, 1.82) is 0 Å². The van der Waals surface area contributed by atoms with Gasteiger partial charge in [0.1, 0.15) is 6.10 Å². The van der Waals surface area contributed by atoms with Crippen LogP contribution in [-0.2, 0) is 19.0 Å². The molecule has 0 aromatic rings. The van der Waals surface area contributed by atoms with Gasteiger partial charge in [-0.15, -0.1) is 0 Å². The molecule has 1 spiro atoms. The van der Waals surface area contributed by atoms with Crippen molar-refractivity contribution < 1.29 is 19.0 Å². The number of hydrogen-bond donors (Lipinski definition) is 0. The Balaban J connectivity index is 2.02. The normalized spacial score (nSPS) is 36.2. The zero-order valence-electron chi connectivity index (χ0n) is 12.8. The van der Waals surface area contributed by atoms with E-state index in [4.69, 9.17) is 14.2 Å². The highest BCUT2D eigenvalue weighted by atomic mass is 32.2. The van der Waals surface area contributed by atoms with Gasteiger partial charge < -0.3 is 19.1 Å². The Kier molecular flexibility index (Phi) is 3.69. The Morgan fingerprint density at radius 3 is 3.05 bits per heavy atom. The molecule has 0 aromatic heterocycles. The zero-order valence-corrected chi connectivity index (χ0v) is 13.7. The second-order valence-electron chi connectivity index (χ2n) is 5.70. The lowest BCUT2D eigenvalue weighted by Crippen LogP contribution is -2.39. The van der Waals surface area contributed by atoms with Gasteiger partial charge in [0.25, 0.3) is 0 Å². The van der Waals surface area contributed by atoms with Crippen molar-refractivity contribution in [3.05, 3.63) is 22.6 Å². The number of allylic oxidation sites excluding steroid dienone is 1. The number of methoxy groups -OCH3 is 1. The van der Waals surface area contributed by atoms with Crippen molar-refractivity contribution in [1.82, 2.24) is 4.90 Å². The van der Waals surface area contributed by atoms with Crippen molar-refractivity contribution in [2.75, 3.05) is 13.7 Å². The molecule has 3 rings (SSSR count). The van der Waals surface area contributed by atoms with E-state index in [1.807, 2.05) is 13.8 Å². The van der Waals surface area contributed by atoms with E-state index < -0.39 is 5.06 Å². The minimum atomic E-state index is -0.448. The number of hydrogen-bond acceptors (Lipinski definition) is 6. The monoisotopic (exact) mass is 311 g/mol. The van der Waals surface area contributed by atoms with Crippen LogP contribution in [0.1, 0.15) is 33.6 Å². The molecular weight excluding hydrogens is 290 g/mol. The average Bonchev–Trinajstić information content (AvgIpc) is 2.79. The SMILES string of the molecule is CCOC1=C(C)N2/C(=C/C(=O)OC)C3CC(C)CC2(O3)S1. The molecule has 5 nitrogen and oxygen atoms in total. The van der Waals surface area contributed by atoms with E-state index in [1.165, 1.54) is 7.11 Å². The van der Waals surface area contributed by atoms with Gasteiger partial charge >= 0.3 is 5.97 Å². The maximum Gasteiger partial charge on any atom is 0.332 e. The zero-order chi connectivity index (χ0) is 15.2. The summed E-state index contributed by atoms with van der Waals surface area (Å²) in [7, 11) is 1.40. The Morgan fingerprint density at radius 2 is 2.38 bits per heavy atom. The smallest absolute Gasteiger partial charge is 0.332 e. The maximum absolute atomic E-state index is 11.7. The highest BCUT2D eigenvalue weighted by Gasteiger charge is 2.59. The first-order valence-electron chi connectivity index (χ1n) is 7.31. The third-order valence-electron chi connectivity index (χ3n) is 4.10. The summed E-state index contributed by atoms with van der Waals surface area (Å²) in [6.45, 7) is 6.84. The van der Waals surface area contributed by atoms with Crippen LogP contribution >= 0.6 is 11.8 Å². The number of thioether (sulfide) groups is 1. The molecule has 0 aliphatic carbocycles. The van der Waals surface area contributed by atoms with E-state index in [1.54, 1.807) is 17.8 Å². The van der Waals surface area contributed by atoms with Gasteiger partial charge in [0, 0.05) is 12.5 Å². The van der Waals surface area contributed by atoms with Crippen LogP contribution in [-0.4, -0.2) is 35.7 Å². The van der Waals surface area contributed by atoms with Gasteiger partial charge in [0.05, 0.1) is 25.1 Å². The first kappa shape index (κ1) is 14.8. The molecule has 2 fully saturated rings. The van der Waals surface area contributed by atoms with Crippen molar-refractivity contribution in [3.8, 4) is 0 Å². The highest BCUT2D eigenvalue weighted by molar-refractivity contribution is 8.04. The summed E-state index contributed by atoms with van der Waals surface area (Å²) in [6.07, 6.45) is 3.36. The van der Waals surface area contributed by atoms with E-state index in [2.05, 4.69) is 11.8 Å². The molecule has 3 heterocycles. The van der Waals surface area contributed by atoms with Crippen LogP contribution in [0.5, 0.6) is 0 Å². The van der Waals surface area contributed by atoms with Crippen molar-refractivity contribution in [2.24, 2.45) is 5.92 Å².